The minimum absolute atomic E-state index is 0.198. The Morgan fingerprint density at radius 2 is 2.00 bits per heavy atom. The number of halogens is 1. The van der Waals surface area contributed by atoms with Gasteiger partial charge in [-0.25, -0.2) is 4.83 Å². The van der Waals surface area contributed by atoms with Crippen LogP contribution in [0.2, 0.25) is 0 Å². The van der Waals surface area contributed by atoms with E-state index in [1.165, 1.54) is 12.1 Å². The van der Waals surface area contributed by atoms with Crippen LogP contribution < -0.4 is 4.83 Å². The van der Waals surface area contributed by atoms with Crippen LogP contribution in [0.5, 0.6) is 0 Å². The Hall–Kier alpha value is -0.880. The van der Waals surface area contributed by atoms with Gasteiger partial charge in [0.15, 0.2) is 0 Å². The zero-order valence-electron chi connectivity index (χ0n) is 8.85. The largest absolute Gasteiger partial charge is 0.276 e. The predicted molar refractivity (Wildman–Crippen MR) is 67.9 cm³/mol. The van der Waals surface area contributed by atoms with Gasteiger partial charge in [-0.2, -0.15) is 13.5 Å². The third-order valence-corrected chi connectivity index (χ3v) is 3.57. The van der Waals surface area contributed by atoms with E-state index in [-0.39, 0.29) is 4.90 Å². The fraction of sp³-hybridized carbons (Fsp3) is 0.300. The molecule has 0 radical (unpaired) electrons. The van der Waals surface area contributed by atoms with Crippen molar-refractivity contribution in [3.8, 4) is 0 Å². The molecule has 0 unspecified atom stereocenters. The number of unbranched alkanes of at least 4 members (excludes halogenated alkanes) is 1. The summed E-state index contributed by atoms with van der Waals surface area (Å²) in [6.07, 6.45) is 3.24. The molecule has 0 atom stereocenters. The van der Waals surface area contributed by atoms with Crippen LogP contribution in [0.4, 0.5) is 0 Å². The van der Waals surface area contributed by atoms with Gasteiger partial charge in [-0.3, -0.25) is 0 Å². The van der Waals surface area contributed by atoms with Crippen LogP contribution in [0, 0.1) is 0 Å². The number of nitrogens with one attached hydrogen (secondary N) is 1. The third kappa shape index (κ3) is 3.94. The van der Waals surface area contributed by atoms with Crippen LogP contribution in [0.3, 0.4) is 0 Å². The number of hydrogen-bond acceptors (Lipinski definition) is 3. The number of nitrogens with zero attached hydrogens (tertiary/aromatic N) is 1. The second-order valence-corrected chi connectivity index (χ2v) is 5.73. The molecular weight excluding hydrogens is 292 g/mol. The second kappa shape index (κ2) is 6.00. The summed E-state index contributed by atoms with van der Waals surface area (Å²) >= 11 is 3.24. The summed E-state index contributed by atoms with van der Waals surface area (Å²) < 4.78 is 24.2. The molecule has 0 aliphatic heterocycles. The number of sulfonamides is 1. The Labute approximate surface area is 104 Å². The molecule has 16 heavy (non-hydrogen) atoms. The van der Waals surface area contributed by atoms with E-state index in [4.69, 9.17) is 0 Å². The van der Waals surface area contributed by atoms with Crippen LogP contribution >= 0.6 is 15.9 Å². The summed E-state index contributed by atoms with van der Waals surface area (Å²) in [6, 6.07) is 6.37. The zero-order valence-corrected chi connectivity index (χ0v) is 11.3. The lowest BCUT2D eigenvalue weighted by molar-refractivity contribution is 0.584. The SMILES string of the molecule is CCCC=NNS(=O)(=O)c1ccc(Br)cc1. The lowest BCUT2D eigenvalue weighted by atomic mass is 10.4. The van der Waals surface area contributed by atoms with Crippen LogP contribution in [0.1, 0.15) is 19.8 Å². The molecule has 1 N–H and O–H groups in total. The highest BCUT2D eigenvalue weighted by Crippen LogP contribution is 2.14. The molecule has 0 aliphatic carbocycles. The fourth-order valence-electron chi connectivity index (χ4n) is 0.967. The summed E-state index contributed by atoms with van der Waals surface area (Å²) in [4.78, 5) is 2.35. The van der Waals surface area contributed by atoms with E-state index in [9.17, 15) is 8.42 Å². The molecule has 1 aromatic carbocycles. The van der Waals surface area contributed by atoms with Crippen LogP contribution in [-0.2, 0) is 10.0 Å². The van der Waals surface area contributed by atoms with Crippen molar-refractivity contribution in [2.75, 3.05) is 0 Å². The topological polar surface area (TPSA) is 58.5 Å². The maximum Gasteiger partial charge on any atom is 0.276 e. The van der Waals surface area contributed by atoms with Gasteiger partial charge in [0, 0.05) is 10.7 Å². The molecule has 0 fully saturated rings. The van der Waals surface area contributed by atoms with Crippen molar-refractivity contribution < 1.29 is 8.42 Å². The molecule has 1 aromatic rings. The summed E-state index contributed by atoms with van der Waals surface area (Å²) in [5.74, 6) is 0. The molecule has 0 saturated carbocycles. The molecule has 0 aromatic heterocycles. The molecule has 6 heteroatoms. The van der Waals surface area contributed by atoms with Crippen molar-refractivity contribution in [2.45, 2.75) is 24.7 Å². The fourth-order valence-corrected chi connectivity index (χ4v) is 2.04. The quantitative estimate of drug-likeness (QED) is 0.671. The first-order chi connectivity index (χ1) is 7.56. The van der Waals surface area contributed by atoms with Gasteiger partial charge in [-0.15, -0.1) is 0 Å². The van der Waals surface area contributed by atoms with E-state index in [0.29, 0.717) is 0 Å². The zero-order chi connectivity index (χ0) is 12.0. The summed E-state index contributed by atoms with van der Waals surface area (Å²) in [5.41, 5.74) is 0. The first-order valence-electron chi connectivity index (χ1n) is 4.85. The van der Waals surface area contributed by atoms with Gasteiger partial charge in [0.2, 0.25) is 0 Å². The van der Waals surface area contributed by atoms with E-state index in [1.54, 1.807) is 18.3 Å². The maximum atomic E-state index is 11.7. The third-order valence-electron chi connectivity index (χ3n) is 1.81. The number of hydrogen-bond donors (Lipinski definition) is 1. The van der Waals surface area contributed by atoms with Crippen LogP contribution in [-0.4, -0.2) is 14.6 Å². The van der Waals surface area contributed by atoms with E-state index in [1.807, 2.05) is 6.92 Å². The molecule has 0 spiro atoms. The van der Waals surface area contributed by atoms with Crippen LogP contribution in [0.25, 0.3) is 0 Å². The average Bonchev–Trinajstić information content (AvgIpc) is 2.25. The molecular formula is C10H13BrN2O2S. The first-order valence-corrected chi connectivity index (χ1v) is 7.13. The average molecular weight is 305 g/mol. The standard InChI is InChI=1S/C10H13BrN2O2S/c1-2-3-8-12-13-16(14,15)10-6-4-9(11)5-7-10/h4-8,13H,2-3H2,1H3. The molecule has 88 valence electrons. The van der Waals surface area contributed by atoms with Gasteiger partial charge in [0.25, 0.3) is 10.0 Å². The molecule has 0 aliphatic rings. The van der Waals surface area contributed by atoms with E-state index < -0.39 is 10.0 Å². The summed E-state index contributed by atoms with van der Waals surface area (Å²) in [7, 11) is -3.53. The van der Waals surface area contributed by atoms with Crippen molar-refractivity contribution in [2.24, 2.45) is 5.10 Å². The Kier molecular flexibility index (Phi) is 4.95. The highest BCUT2D eigenvalue weighted by Gasteiger charge is 2.11. The normalized spacial score (nSPS) is 11.9. The molecule has 0 amide bonds. The highest BCUT2D eigenvalue weighted by atomic mass is 79.9. The van der Waals surface area contributed by atoms with Crippen molar-refractivity contribution in [3.63, 3.8) is 0 Å². The van der Waals surface area contributed by atoms with Gasteiger partial charge in [0.1, 0.15) is 0 Å². The van der Waals surface area contributed by atoms with Gasteiger partial charge in [-0.1, -0.05) is 29.3 Å². The lowest BCUT2D eigenvalue weighted by Crippen LogP contribution is -2.18. The Morgan fingerprint density at radius 3 is 2.56 bits per heavy atom. The van der Waals surface area contributed by atoms with Gasteiger partial charge < -0.3 is 0 Å². The highest BCUT2D eigenvalue weighted by molar-refractivity contribution is 9.10. The van der Waals surface area contributed by atoms with Crippen molar-refractivity contribution in [1.29, 1.82) is 0 Å². The van der Waals surface area contributed by atoms with Gasteiger partial charge in [0.05, 0.1) is 4.90 Å². The minimum Gasteiger partial charge on any atom is -0.200 e. The monoisotopic (exact) mass is 304 g/mol. The number of rotatable bonds is 5. The number of hydrazone groups is 1. The first kappa shape index (κ1) is 13.2. The molecule has 0 saturated heterocycles. The summed E-state index contributed by atoms with van der Waals surface area (Å²) in [6.45, 7) is 2.00. The maximum absolute atomic E-state index is 11.7. The smallest absolute Gasteiger partial charge is 0.200 e. The van der Waals surface area contributed by atoms with Crippen molar-refractivity contribution in [1.82, 2.24) is 4.83 Å². The van der Waals surface area contributed by atoms with Crippen LogP contribution in [0.15, 0.2) is 38.7 Å². The number of benzene rings is 1. The second-order valence-electron chi connectivity index (χ2n) is 3.15. The minimum atomic E-state index is -3.53. The molecule has 0 heterocycles. The Bertz CT molecular complexity index is 454. The van der Waals surface area contributed by atoms with Crippen molar-refractivity contribution >= 4 is 32.2 Å². The van der Waals surface area contributed by atoms with E-state index in [0.717, 1.165) is 17.3 Å². The van der Waals surface area contributed by atoms with Gasteiger partial charge in [-0.05, 0) is 30.7 Å². The molecule has 4 nitrogen and oxygen atoms in total. The van der Waals surface area contributed by atoms with Gasteiger partial charge >= 0.3 is 0 Å². The molecule has 0 bridgehead atoms. The molecule has 1 rings (SSSR count). The lowest BCUT2D eigenvalue weighted by Gasteiger charge is -2.02. The van der Waals surface area contributed by atoms with E-state index in [2.05, 4.69) is 25.9 Å². The summed E-state index contributed by atoms with van der Waals surface area (Å²) in [5, 5.41) is 3.66. The van der Waals surface area contributed by atoms with Crippen molar-refractivity contribution in [3.05, 3.63) is 28.7 Å². The Morgan fingerprint density at radius 1 is 1.38 bits per heavy atom. The predicted octanol–water partition coefficient (Wildman–Crippen LogP) is 2.51. The van der Waals surface area contributed by atoms with E-state index >= 15 is 0 Å². The Balaban J connectivity index is 2.74.